The van der Waals surface area contributed by atoms with Crippen LogP contribution in [-0.2, 0) is 19.3 Å². The molecule has 0 bridgehead atoms. The van der Waals surface area contributed by atoms with E-state index in [4.69, 9.17) is 15.2 Å². The molecule has 1 aliphatic rings. The second kappa shape index (κ2) is 15.2. The number of pyridine rings is 1. The molecular formula is C32H34F2N6O7S. The van der Waals surface area contributed by atoms with E-state index in [1.165, 1.54) is 31.2 Å². The smallest absolute Gasteiger partial charge is 0.404 e. The zero-order valence-electron chi connectivity index (χ0n) is 25.8. The van der Waals surface area contributed by atoms with Gasteiger partial charge in [0.25, 0.3) is 5.91 Å². The molecule has 1 fully saturated rings. The van der Waals surface area contributed by atoms with Crippen LogP contribution in [0.15, 0.2) is 90.2 Å². The first-order valence-electron chi connectivity index (χ1n) is 15.0. The second-order valence-electron chi connectivity index (χ2n) is 10.9. The van der Waals surface area contributed by atoms with Crippen LogP contribution in [0.5, 0.6) is 5.88 Å². The van der Waals surface area contributed by atoms with E-state index in [1.54, 1.807) is 65.7 Å². The van der Waals surface area contributed by atoms with Gasteiger partial charge in [-0.2, -0.15) is 13.9 Å². The first kappa shape index (κ1) is 34.3. The van der Waals surface area contributed by atoms with Crippen molar-refractivity contribution in [1.29, 1.82) is 0 Å². The molecule has 0 saturated carbocycles. The average molecular weight is 685 g/mol. The largest absolute Gasteiger partial charge is 0.472 e. The fourth-order valence-corrected chi connectivity index (χ4v) is 6.18. The highest BCUT2D eigenvalue weighted by molar-refractivity contribution is 7.91. The van der Waals surface area contributed by atoms with Gasteiger partial charge < -0.3 is 30.2 Å². The molecule has 5 rings (SSSR count). The van der Waals surface area contributed by atoms with E-state index < -0.39 is 40.5 Å². The molecule has 0 unspecified atom stereocenters. The van der Waals surface area contributed by atoms with Crippen molar-refractivity contribution in [1.82, 2.24) is 20.1 Å². The van der Waals surface area contributed by atoms with Crippen LogP contribution in [0.25, 0.3) is 5.69 Å². The van der Waals surface area contributed by atoms with Crippen LogP contribution >= 0.6 is 0 Å². The molecule has 16 heteroatoms. The van der Waals surface area contributed by atoms with Crippen LogP contribution in [0.1, 0.15) is 35.3 Å². The van der Waals surface area contributed by atoms with E-state index in [-0.39, 0.29) is 35.5 Å². The molecule has 2 aromatic carbocycles. The maximum absolute atomic E-state index is 13.2. The normalized spacial score (nSPS) is 16.9. The Bertz CT molecular complexity index is 1780. The number of anilines is 1. The van der Waals surface area contributed by atoms with Gasteiger partial charge in [0.15, 0.2) is 9.84 Å². The van der Waals surface area contributed by atoms with E-state index in [1.807, 2.05) is 4.90 Å². The molecule has 1 saturated heterocycles. The number of hydrogen-bond donors (Lipinski definition) is 2. The molecule has 0 radical (unpaired) electrons. The summed E-state index contributed by atoms with van der Waals surface area (Å²) in [7, 11) is -3.44. The summed E-state index contributed by atoms with van der Waals surface area (Å²) < 4.78 is 67.7. The Kier molecular flexibility index (Phi) is 10.9. The van der Waals surface area contributed by atoms with Gasteiger partial charge in [0.05, 0.1) is 47.8 Å². The quantitative estimate of drug-likeness (QED) is 0.199. The van der Waals surface area contributed by atoms with Crippen LogP contribution < -0.4 is 20.7 Å². The van der Waals surface area contributed by atoms with Gasteiger partial charge in [-0.15, -0.1) is 0 Å². The van der Waals surface area contributed by atoms with Crippen molar-refractivity contribution >= 4 is 27.5 Å². The second-order valence-corrected chi connectivity index (χ2v) is 13.1. The molecule has 13 nitrogen and oxygen atoms in total. The number of nitrogens with zero attached hydrogens (tertiary/aromatic N) is 4. The van der Waals surface area contributed by atoms with Gasteiger partial charge in [-0.05, 0) is 54.1 Å². The van der Waals surface area contributed by atoms with E-state index in [2.05, 4.69) is 20.1 Å². The fourth-order valence-electron chi connectivity index (χ4n) is 5.29. The minimum Gasteiger partial charge on any atom is -0.472 e. The summed E-state index contributed by atoms with van der Waals surface area (Å²) in [6.45, 7) is -1.59. The number of rotatable bonds is 14. The Morgan fingerprint density at radius 1 is 1.06 bits per heavy atom. The maximum Gasteiger partial charge on any atom is 0.404 e. The Morgan fingerprint density at radius 2 is 1.79 bits per heavy atom. The lowest BCUT2D eigenvalue weighted by Crippen LogP contribution is -2.34. The van der Waals surface area contributed by atoms with Crippen LogP contribution in [0.2, 0.25) is 0 Å². The van der Waals surface area contributed by atoms with E-state index in [9.17, 15) is 26.8 Å². The fraction of sp³-hybridized carbons (Fsp3) is 0.312. The summed E-state index contributed by atoms with van der Waals surface area (Å²) in [5, 5.41) is 6.95. The van der Waals surface area contributed by atoms with Gasteiger partial charge in [-0.25, -0.2) is 22.9 Å². The van der Waals surface area contributed by atoms with Crippen LogP contribution in [-0.4, -0.2) is 79.5 Å². The third-order valence-corrected chi connectivity index (χ3v) is 9.50. The van der Waals surface area contributed by atoms with Crippen molar-refractivity contribution in [2.24, 2.45) is 5.73 Å². The highest BCUT2D eigenvalue weighted by Crippen LogP contribution is 2.29. The minimum atomic E-state index is -3.44. The number of sulfone groups is 1. The van der Waals surface area contributed by atoms with Gasteiger partial charge in [-0.1, -0.05) is 19.1 Å². The lowest BCUT2D eigenvalue weighted by Gasteiger charge is -2.26. The van der Waals surface area contributed by atoms with Gasteiger partial charge in [-0.3, -0.25) is 4.79 Å². The predicted molar refractivity (Wildman–Crippen MR) is 170 cm³/mol. The zero-order valence-corrected chi connectivity index (χ0v) is 26.6. The number of carbonyl (C=O) groups excluding carboxylic acids is 2. The highest BCUT2D eigenvalue weighted by Gasteiger charge is 2.35. The summed E-state index contributed by atoms with van der Waals surface area (Å²) in [6.07, 6.45) is 4.02. The SMILES string of the molecule is CCS(=O)(=O)c1ccc([C@H](COC(N)=O)NC(=O)c2ccc(N3C[C@@H](Oc4ccc(-n5cccn5)cn4)C[C@H]3COC(F)F)cc2)cc1. The van der Waals surface area contributed by atoms with Crippen molar-refractivity contribution in [3.63, 3.8) is 0 Å². The van der Waals surface area contributed by atoms with Crippen molar-refractivity contribution < 1.29 is 41.0 Å². The molecule has 2 amide bonds. The van der Waals surface area contributed by atoms with Gasteiger partial charge >= 0.3 is 12.7 Å². The third-order valence-electron chi connectivity index (χ3n) is 7.75. The van der Waals surface area contributed by atoms with Crippen LogP contribution in [0.3, 0.4) is 0 Å². The number of hydrogen-bond acceptors (Lipinski definition) is 10. The summed E-state index contributed by atoms with van der Waals surface area (Å²) in [5.41, 5.74) is 7.30. The Hall–Kier alpha value is -5.09. The monoisotopic (exact) mass is 684 g/mol. The number of amides is 2. The topological polar surface area (TPSA) is 168 Å². The summed E-state index contributed by atoms with van der Waals surface area (Å²) >= 11 is 0. The Balaban J connectivity index is 1.27. The molecule has 4 aromatic rings. The van der Waals surface area contributed by atoms with Crippen LogP contribution in [0.4, 0.5) is 19.3 Å². The number of primary amides is 1. The molecule has 1 aliphatic heterocycles. The number of aromatic nitrogens is 3. The maximum atomic E-state index is 13.2. The van der Waals surface area contributed by atoms with Gasteiger partial charge in [0.1, 0.15) is 12.7 Å². The number of ether oxygens (including phenoxy) is 3. The van der Waals surface area contributed by atoms with Gasteiger partial charge in [0.2, 0.25) is 5.88 Å². The molecule has 0 spiro atoms. The molecule has 48 heavy (non-hydrogen) atoms. The average Bonchev–Trinajstić information content (AvgIpc) is 3.77. The highest BCUT2D eigenvalue weighted by atomic mass is 32.2. The lowest BCUT2D eigenvalue weighted by atomic mass is 10.1. The number of benzene rings is 2. The number of nitrogens with one attached hydrogen (secondary N) is 1. The summed E-state index contributed by atoms with van der Waals surface area (Å²) in [5.74, 6) is -0.207. The van der Waals surface area contributed by atoms with E-state index in [0.29, 0.717) is 30.1 Å². The van der Waals surface area contributed by atoms with Gasteiger partial charge in [0, 0.05) is 36.1 Å². The lowest BCUT2D eigenvalue weighted by molar-refractivity contribution is -0.131. The molecule has 254 valence electrons. The van der Waals surface area contributed by atoms with Crippen molar-refractivity contribution in [2.75, 3.05) is 30.4 Å². The molecular weight excluding hydrogens is 650 g/mol. The number of nitrogens with two attached hydrogens (primary N) is 1. The molecule has 2 aromatic heterocycles. The summed E-state index contributed by atoms with van der Waals surface area (Å²) in [6, 6.07) is 16.4. The number of alkyl halides is 2. The van der Waals surface area contributed by atoms with Crippen molar-refractivity contribution in [2.45, 2.75) is 43.0 Å². The number of halogens is 2. The molecule has 0 aliphatic carbocycles. The molecule has 3 atom stereocenters. The predicted octanol–water partition coefficient (Wildman–Crippen LogP) is 3.89. The van der Waals surface area contributed by atoms with Crippen LogP contribution in [0, 0.1) is 0 Å². The Labute approximate surface area is 275 Å². The first-order chi connectivity index (χ1) is 23.0. The van der Waals surface area contributed by atoms with E-state index in [0.717, 1.165) is 5.69 Å². The standard InChI is InChI=1S/C32H34F2N6O7S/c1-2-48(43,44)27-11-6-21(7-12-27)28(20-46-32(35)42)38-30(41)22-4-8-23(9-5-22)39-18-26(16-25(39)19-45-31(33)34)47-29-13-10-24(17-36-29)40-15-3-14-37-40/h3-15,17,25-26,28,31H,2,16,18-20H2,1H3,(H2,35,42)(H,38,41)/t25-,26-,28-/m0/s1. The van der Waals surface area contributed by atoms with E-state index >= 15 is 0 Å². The first-order valence-corrected chi connectivity index (χ1v) is 16.6. The zero-order chi connectivity index (χ0) is 34.3. The number of carbonyl (C=O) groups is 2. The van der Waals surface area contributed by atoms with Crippen molar-refractivity contribution in [3.8, 4) is 11.6 Å². The Morgan fingerprint density at radius 3 is 2.40 bits per heavy atom. The third kappa shape index (κ3) is 8.63. The molecule has 3 N–H and O–H groups in total. The van der Waals surface area contributed by atoms with Crippen molar-refractivity contribution in [3.05, 3.63) is 96.4 Å². The molecule has 3 heterocycles. The minimum absolute atomic E-state index is 0.0726. The summed E-state index contributed by atoms with van der Waals surface area (Å²) in [4.78, 5) is 30.9.